The first-order valence-electron chi connectivity index (χ1n) is 12.1. The fraction of sp³-hybridized carbons (Fsp3) is 0.833. The molecule has 0 aromatic carbocycles. The van der Waals surface area contributed by atoms with Gasteiger partial charge in [0.1, 0.15) is 11.8 Å². The number of carbonyl (C=O) groups is 1. The molecule has 1 aromatic rings. The summed E-state index contributed by atoms with van der Waals surface area (Å²) in [6.07, 6.45) is 2.98. The van der Waals surface area contributed by atoms with Crippen LogP contribution >= 0.6 is 0 Å². The van der Waals surface area contributed by atoms with E-state index in [1.807, 2.05) is 25.7 Å². The first-order valence-corrected chi connectivity index (χ1v) is 12.1. The summed E-state index contributed by atoms with van der Waals surface area (Å²) in [5.41, 5.74) is 0.678. The van der Waals surface area contributed by atoms with E-state index >= 15 is 0 Å². The number of likely N-dealkylation sites (tertiary alicyclic amines) is 2. The third-order valence-electron chi connectivity index (χ3n) is 7.18. The highest BCUT2D eigenvalue weighted by atomic mass is 19.1. The van der Waals surface area contributed by atoms with E-state index in [0.29, 0.717) is 38.3 Å². The van der Waals surface area contributed by atoms with E-state index in [1.165, 1.54) is 0 Å². The summed E-state index contributed by atoms with van der Waals surface area (Å²) < 4.78 is 21.0. The summed E-state index contributed by atoms with van der Waals surface area (Å²) >= 11 is 0. The molecular formula is C24H40FN5O2. The van der Waals surface area contributed by atoms with Crippen molar-refractivity contribution >= 4 is 11.9 Å². The van der Waals surface area contributed by atoms with Gasteiger partial charge in [-0.2, -0.15) is 5.10 Å². The molecule has 0 aliphatic carbocycles. The zero-order valence-electron chi connectivity index (χ0n) is 20.6. The number of amides is 1. The van der Waals surface area contributed by atoms with E-state index in [4.69, 9.17) is 9.84 Å². The third-order valence-corrected chi connectivity index (χ3v) is 7.18. The van der Waals surface area contributed by atoms with E-state index in [1.54, 1.807) is 0 Å². The minimum atomic E-state index is -0.642. The molecule has 1 aromatic heterocycles. The lowest BCUT2D eigenvalue weighted by atomic mass is 9.85. The predicted octanol–water partition coefficient (Wildman–Crippen LogP) is 4.16. The van der Waals surface area contributed by atoms with Crippen molar-refractivity contribution in [2.75, 3.05) is 37.6 Å². The van der Waals surface area contributed by atoms with Crippen LogP contribution in [0, 0.1) is 6.92 Å². The van der Waals surface area contributed by atoms with Crippen LogP contribution < -0.4 is 4.90 Å². The summed E-state index contributed by atoms with van der Waals surface area (Å²) in [6, 6.07) is 2.96. The quantitative estimate of drug-likeness (QED) is 0.693. The second-order valence-corrected chi connectivity index (χ2v) is 11.4. The van der Waals surface area contributed by atoms with Gasteiger partial charge in [0.15, 0.2) is 5.82 Å². The van der Waals surface area contributed by atoms with Gasteiger partial charge in [-0.3, -0.25) is 9.58 Å². The molecule has 0 saturated carbocycles. The van der Waals surface area contributed by atoms with Gasteiger partial charge in [0.2, 0.25) is 0 Å². The van der Waals surface area contributed by atoms with Crippen molar-refractivity contribution in [3.05, 3.63) is 11.8 Å². The number of alkyl halides is 1. The van der Waals surface area contributed by atoms with Crippen molar-refractivity contribution in [1.29, 1.82) is 0 Å². The Balaban J connectivity index is 1.38. The second-order valence-electron chi connectivity index (χ2n) is 11.4. The van der Waals surface area contributed by atoms with Gasteiger partial charge in [0, 0.05) is 56.1 Å². The van der Waals surface area contributed by atoms with E-state index < -0.39 is 11.8 Å². The molecule has 0 N–H and O–H groups in total. The zero-order valence-corrected chi connectivity index (χ0v) is 20.6. The highest BCUT2D eigenvalue weighted by Crippen LogP contribution is 2.36. The molecule has 0 bridgehead atoms. The van der Waals surface area contributed by atoms with Crippen LogP contribution in [0.4, 0.5) is 15.0 Å². The lowest BCUT2D eigenvalue weighted by Crippen LogP contribution is -2.61. The number of ether oxygens (including phenoxy) is 1. The molecular weight excluding hydrogens is 409 g/mol. The molecule has 3 aliphatic heterocycles. The zero-order chi connectivity index (χ0) is 23.3. The van der Waals surface area contributed by atoms with Crippen LogP contribution in [-0.4, -0.2) is 81.8 Å². The third kappa shape index (κ3) is 4.90. The Kier molecular flexibility index (Phi) is 6.20. The molecule has 1 amide bonds. The number of rotatable bonds is 3. The molecule has 7 nitrogen and oxygen atoms in total. The molecule has 3 fully saturated rings. The summed E-state index contributed by atoms with van der Waals surface area (Å²) in [5.74, 6) is 1.03. The average Bonchev–Trinajstić information content (AvgIpc) is 3.04. The normalized spacial score (nSPS) is 25.7. The van der Waals surface area contributed by atoms with Crippen LogP contribution in [0.3, 0.4) is 0 Å². The molecule has 32 heavy (non-hydrogen) atoms. The maximum Gasteiger partial charge on any atom is 0.410 e. The number of nitrogens with zero attached hydrogens (tertiary/aromatic N) is 5. The van der Waals surface area contributed by atoms with Gasteiger partial charge in [-0.25, -0.2) is 9.18 Å². The number of aryl methyl sites for hydroxylation is 1. The minimum Gasteiger partial charge on any atom is -0.444 e. The minimum absolute atomic E-state index is 0.0178. The first-order chi connectivity index (χ1) is 14.9. The van der Waals surface area contributed by atoms with Crippen LogP contribution in [0.15, 0.2) is 6.07 Å². The topological polar surface area (TPSA) is 53.8 Å². The Hall–Kier alpha value is -1.83. The maximum atomic E-state index is 13.3. The predicted molar refractivity (Wildman–Crippen MR) is 124 cm³/mol. The number of hydrogen-bond donors (Lipinski definition) is 0. The smallest absolute Gasteiger partial charge is 0.410 e. The fourth-order valence-corrected chi connectivity index (χ4v) is 5.45. The van der Waals surface area contributed by atoms with Crippen molar-refractivity contribution < 1.29 is 13.9 Å². The summed E-state index contributed by atoms with van der Waals surface area (Å²) in [7, 11) is 0. The molecule has 1 atom stereocenters. The molecule has 3 saturated heterocycles. The van der Waals surface area contributed by atoms with Crippen LogP contribution in [0.5, 0.6) is 0 Å². The number of piperidine rings is 2. The first kappa shape index (κ1) is 23.3. The van der Waals surface area contributed by atoms with Crippen LogP contribution in [0.25, 0.3) is 0 Å². The molecule has 3 aliphatic rings. The number of halogens is 1. The van der Waals surface area contributed by atoms with Gasteiger partial charge in [-0.15, -0.1) is 0 Å². The van der Waals surface area contributed by atoms with E-state index in [-0.39, 0.29) is 11.6 Å². The molecule has 8 heteroatoms. The largest absolute Gasteiger partial charge is 0.444 e. The average molecular weight is 450 g/mol. The number of aromatic nitrogens is 2. The summed E-state index contributed by atoms with van der Waals surface area (Å²) in [5, 5.41) is 5.03. The number of hydrogen-bond acceptors (Lipinski definition) is 5. The van der Waals surface area contributed by atoms with E-state index in [9.17, 15) is 9.18 Å². The van der Waals surface area contributed by atoms with Gasteiger partial charge in [0.25, 0.3) is 0 Å². The SMILES string of the molecule is Cc1cc(N2CCC(N3CC(F)C3)CC2(C)C)nn1C1CCN(C(=O)OC(C)(C)C)CC1. The molecule has 4 rings (SSSR count). The molecule has 0 spiro atoms. The maximum absolute atomic E-state index is 13.3. The Morgan fingerprint density at radius 1 is 1.12 bits per heavy atom. The lowest BCUT2D eigenvalue weighted by Gasteiger charge is -2.51. The Morgan fingerprint density at radius 3 is 2.31 bits per heavy atom. The van der Waals surface area contributed by atoms with Gasteiger partial charge in [-0.05, 0) is 67.2 Å². The van der Waals surface area contributed by atoms with E-state index in [0.717, 1.165) is 43.7 Å². The Labute approximate surface area is 191 Å². The molecule has 1 unspecified atom stereocenters. The van der Waals surface area contributed by atoms with Crippen LogP contribution in [0.1, 0.15) is 72.0 Å². The van der Waals surface area contributed by atoms with Crippen molar-refractivity contribution in [2.45, 2.75) is 96.6 Å². The van der Waals surface area contributed by atoms with Gasteiger partial charge < -0.3 is 14.5 Å². The highest BCUT2D eigenvalue weighted by molar-refractivity contribution is 5.68. The second kappa shape index (κ2) is 8.50. The molecule has 0 radical (unpaired) electrons. The Morgan fingerprint density at radius 2 is 1.75 bits per heavy atom. The summed E-state index contributed by atoms with van der Waals surface area (Å²) in [4.78, 5) is 18.9. The monoisotopic (exact) mass is 449 g/mol. The lowest BCUT2D eigenvalue weighted by molar-refractivity contribution is 0.00762. The van der Waals surface area contributed by atoms with Crippen molar-refractivity contribution in [3.8, 4) is 0 Å². The van der Waals surface area contributed by atoms with Crippen LogP contribution in [0.2, 0.25) is 0 Å². The van der Waals surface area contributed by atoms with Crippen molar-refractivity contribution in [1.82, 2.24) is 19.6 Å². The standard InChI is InChI=1S/C24H40FN5O2/c1-17-13-21(29-12-9-20(14-24(29,5)6)28-15-18(25)16-28)26-30(17)19-7-10-27(11-8-19)22(31)32-23(2,3)4/h13,18-20H,7-12,14-16H2,1-6H3. The highest BCUT2D eigenvalue weighted by Gasteiger charge is 2.42. The van der Waals surface area contributed by atoms with E-state index in [2.05, 4.69) is 41.3 Å². The fourth-order valence-electron chi connectivity index (χ4n) is 5.45. The van der Waals surface area contributed by atoms with Crippen LogP contribution in [-0.2, 0) is 4.74 Å². The van der Waals surface area contributed by atoms with Gasteiger partial charge in [0.05, 0.1) is 6.04 Å². The Bertz CT molecular complexity index is 819. The van der Waals surface area contributed by atoms with Gasteiger partial charge in [-0.1, -0.05) is 0 Å². The number of carbonyl (C=O) groups excluding carboxylic acids is 1. The molecule has 4 heterocycles. The number of anilines is 1. The van der Waals surface area contributed by atoms with Crippen molar-refractivity contribution in [2.24, 2.45) is 0 Å². The molecule has 180 valence electrons. The van der Waals surface area contributed by atoms with Gasteiger partial charge >= 0.3 is 6.09 Å². The summed E-state index contributed by atoms with van der Waals surface area (Å²) in [6.45, 7) is 15.9. The van der Waals surface area contributed by atoms with Crippen molar-refractivity contribution in [3.63, 3.8) is 0 Å².